The molecule has 2 aromatic rings. The normalized spacial score (nSPS) is 22.9. The maximum absolute atomic E-state index is 11.2. The van der Waals surface area contributed by atoms with Gasteiger partial charge in [-0.2, -0.15) is 0 Å². The van der Waals surface area contributed by atoms with E-state index in [0.717, 1.165) is 23.1 Å². The van der Waals surface area contributed by atoms with E-state index >= 15 is 0 Å². The topological polar surface area (TPSA) is 53.4 Å². The Hall–Kier alpha value is -2.10. The molecule has 2 atom stereocenters. The van der Waals surface area contributed by atoms with Crippen molar-refractivity contribution in [2.75, 3.05) is 18.0 Å². The van der Waals surface area contributed by atoms with Crippen LogP contribution in [0.1, 0.15) is 6.92 Å². The number of rotatable bonds is 2. The quantitative estimate of drug-likeness (QED) is 0.896. The Morgan fingerprint density at radius 3 is 2.84 bits per heavy atom. The molecule has 0 bridgehead atoms. The van der Waals surface area contributed by atoms with Gasteiger partial charge in [0.15, 0.2) is 0 Å². The second-order valence-electron chi connectivity index (χ2n) is 5.17. The lowest BCUT2D eigenvalue weighted by atomic mass is 9.99. The minimum Gasteiger partial charge on any atom is -0.481 e. The number of fused-ring (bicyclic) bond motifs is 1. The van der Waals surface area contributed by atoms with Gasteiger partial charge >= 0.3 is 5.97 Å². The average molecular weight is 256 g/mol. The van der Waals surface area contributed by atoms with Crippen LogP contribution >= 0.6 is 0 Å². The number of hydrogen-bond acceptors (Lipinski definition) is 3. The summed E-state index contributed by atoms with van der Waals surface area (Å²) in [5.74, 6) is -0.815. The molecular formula is C15H16N2O2. The molecule has 4 nitrogen and oxygen atoms in total. The maximum Gasteiger partial charge on any atom is 0.308 e. The zero-order valence-corrected chi connectivity index (χ0v) is 10.8. The van der Waals surface area contributed by atoms with Gasteiger partial charge in [-0.15, -0.1) is 0 Å². The van der Waals surface area contributed by atoms with Crippen molar-refractivity contribution in [2.24, 2.45) is 11.8 Å². The van der Waals surface area contributed by atoms with Crippen LogP contribution in [0.3, 0.4) is 0 Å². The van der Waals surface area contributed by atoms with Crippen LogP contribution in [0.2, 0.25) is 0 Å². The van der Waals surface area contributed by atoms with Gasteiger partial charge in [-0.05, 0) is 18.1 Å². The Kier molecular flexibility index (Phi) is 2.85. The third kappa shape index (κ3) is 2.03. The average Bonchev–Trinajstić information content (AvgIpc) is 2.80. The molecule has 0 aliphatic carbocycles. The van der Waals surface area contributed by atoms with Crippen molar-refractivity contribution < 1.29 is 9.90 Å². The van der Waals surface area contributed by atoms with Crippen LogP contribution in [0.15, 0.2) is 36.5 Å². The van der Waals surface area contributed by atoms with Gasteiger partial charge in [-0.1, -0.05) is 25.1 Å². The summed E-state index contributed by atoms with van der Waals surface area (Å²) in [6, 6.07) is 9.94. The van der Waals surface area contributed by atoms with Crippen molar-refractivity contribution in [2.45, 2.75) is 6.92 Å². The molecule has 1 aromatic heterocycles. The molecule has 1 fully saturated rings. The Balaban J connectivity index is 2.00. The van der Waals surface area contributed by atoms with E-state index in [4.69, 9.17) is 0 Å². The van der Waals surface area contributed by atoms with Crippen molar-refractivity contribution in [3.8, 4) is 0 Å². The van der Waals surface area contributed by atoms with Crippen molar-refractivity contribution in [1.82, 2.24) is 4.98 Å². The van der Waals surface area contributed by atoms with E-state index in [9.17, 15) is 9.90 Å². The highest BCUT2D eigenvalue weighted by atomic mass is 16.4. The first-order chi connectivity index (χ1) is 9.16. The van der Waals surface area contributed by atoms with Gasteiger partial charge in [-0.3, -0.25) is 9.78 Å². The second kappa shape index (κ2) is 4.53. The highest BCUT2D eigenvalue weighted by molar-refractivity contribution is 5.91. The number of aliphatic carboxylic acids is 1. The maximum atomic E-state index is 11.2. The number of nitrogens with zero attached hydrogens (tertiary/aromatic N) is 2. The van der Waals surface area contributed by atoms with Gasteiger partial charge in [-0.25, -0.2) is 0 Å². The summed E-state index contributed by atoms with van der Waals surface area (Å²) in [6.07, 6.45) is 1.79. The minimum absolute atomic E-state index is 0.171. The first-order valence-electron chi connectivity index (χ1n) is 6.48. The number of anilines is 1. The summed E-state index contributed by atoms with van der Waals surface area (Å²) < 4.78 is 0. The SMILES string of the molecule is C[C@@H]1CN(c2ccnc3ccccc23)C[C@H]1C(=O)O. The molecule has 1 aliphatic heterocycles. The van der Waals surface area contributed by atoms with Gasteiger partial charge in [0.25, 0.3) is 0 Å². The lowest BCUT2D eigenvalue weighted by molar-refractivity contribution is -0.142. The Labute approximate surface area is 111 Å². The first kappa shape index (κ1) is 12.0. The number of carbonyl (C=O) groups is 1. The van der Waals surface area contributed by atoms with Gasteiger partial charge < -0.3 is 10.0 Å². The minimum atomic E-state index is -0.701. The van der Waals surface area contributed by atoms with Gasteiger partial charge in [0.1, 0.15) is 0 Å². The molecule has 1 N–H and O–H groups in total. The third-order valence-electron chi connectivity index (χ3n) is 3.90. The standard InChI is InChI=1S/C15H16N2O2/c1-10-8-17(9-12(10)15(18)19)14-6-7-16-13-5-3-2-4-11(13)14/h2-7,10,12H,8-9H2,1H3,(H,18,19)/t10-,12-/m1/s1. The Morgan fingerprint density at radius 2 is 2.11 bits per heavy atom. The van der Waals surface area contributed by atoms with Crippen LogP contribution in [-0.4, -0.2) is 29.1 Å². The van der Waals surface area contributed by atoms with Crippen LogP contribution < -0.4 is 4.90 Å². The lowest BCUT2D eigenvalue weighted by Gasteiger charge is -2.20. The highest BCUT2D eigenvalue weighted by Crippen LogP contribution is 2.32. The van der Waals surface area contributed by atoms with Crippen LogP contribution in [0.4, 0.5) is 5.69 Å². The van der Waals surface area contributed by atoms with Crippen molar-refractivity contribution in [1.29, 1.82) is 0 Å². The number of pyridine rings is 1. The fourth-order valence-corrected chi connectivity index (χ4v) is 2.84. The van der Waals surface area contributed by atoms with E-state index in [1.807, 2.05) is 37.3 Å². The molecule has 0 spiro atoms. The van der Waals surface area contributed by atoms with E-state index in [1.165, 1.54) is 0 Å². The van der Waals surface area contributed by atoms with Crippen LogP contribution in [0, 0.1) is 11.8 Å². The summed E-state index contributed by atoms with van der Waals surface area (Å²) in [6.45, 7) is 3.36. The molecule has 0 saturated carbocycles. The van der Waals surface area contributed by atoms with Crippen molar-refractivity contribution >= 4 is 22.6 Å². The highest BCUT2D eigenvalue weighted by Gasteiger charge is 2.35. The molecule has 4 heteroatoms. The van der Waals surface area contributed by atoms with E-state index in [1.54, 1.807) is 6.20 Å². The largest absolute Gasteiger partial charge is 0.481 e. The Morgan fingerprint density at radius 1 is 1.32 bits per heavy atom. The van der Waals surface area contributed by atoms with E-state index in [2.05, 4.69) is 9.88 Å². The second-order valence-corrected chi connectivity index (χ2v) is 5.17. The first-order valence-corrected chi connectivity index (χ1v) is 6.48. The zero-order valence-electron chi connectivity index (χ0n) is 10.8. The lowest BCUT2D eigenvalue weighted by Crippen LogP contribution is -2.23. The molecule has 98 valence electrons. The molecular weight excluding hydrogens is 240 g/mol. The fraction of sp³-hybridized carbons (Fsp3) is 0.333. The smallest absolute Gasteiger partial charge is 0.308 e. The third-order valence-corrected chi connectivity index (χ3v) is 3.90. The molecule has 1 aliphatic rings. The molecule has 1 aromatic carbocycles. The van der Waals surface area contributed by atoms with Crippen molar-refractivity contribution in [3.05, 3.63) is 36.5 Å². The van der Waals surface area contributed by atoms with Gasteiger partial charge in [0.05, 0.1) is 11.4 Å². The fourth-order valence-electron chi connectivity index (χ4n) is 2.84. The van der Waals surface area contributed by atoms with Crippen LogP contribution in [0.25, 0.3) is 10.9 Å². The van der Waals surface area contributed by atoms with E-state index < -0.39 is 5.97 Å². The summed E-state index contributed by atoms with van der Waals surface area (Å²) in [5, 5.41) is 10.3. The van der Waals surface area contributed by atoms with E-state index in [0.29, 0.717) is 6.54 Å². The predicted molar refractivity (Wildman–Crippen MR) is 74.2 cm³/mol. The molecule has 0 radical (unpaired) electrons. The number of carboxylic acids is 1. The number of benzene rings is 1. The zero-order chi connectivity index (χ0) is 13.4. The van der Waals surface area contributed by atoms with Crippen LogP contribution in [-0.2, 0) is 4.79 Å². The number of para-hydroxylation sites is 1. The summed E-state index contributed by atoms with van der Waals surface area (Å²) in [4.78, 5) is 17.7. The van der Waals surface area contributed by atoms with Gasteiger partial charge in [0.2, 0.25) is 0 Å². The molecule has 19 heavy (non-hydrogen) atoms. The molecule has 2 heterocycles. The van der Waals surface area contributed by atoms with Crippen molar-refractivity contribution in [3.63, 3.8) is 0 Å². The summed E-state index contributed by atoms with van der Waals surface area (Å²) in [5.41, 5.74) is 2.03. The monoisotopic (exact) mass is 256 g/mol. The number of aromatic nitrogens is 1. The summed E-state index contributed by atoms with van der Waals surface area (Å²) >= 11 is 0. The molecule has 0 unspecified atom stereocenters. The molecule has 0 amide bonds. The molecule has 1 saturated heterocycles. The molecule has 3 rings (SSSR count). The predicted octanol–water partition coefficient (Wildman–Crippen LogP) is 2.39. The Bertz CT molecular complexity index is 621. The van der Waals surface area contributed by atoms with Crippen LogP contribution in [0.5, 0.6) is 0 Å². The summed E-state index contributed by atoms with van der Waals surface area (Å²) in [7, 11) is 0. The number of carboxylic acid groups (broad SMARTS) is 1. The van der Waals surface area contributed by atoms with E-state index in [-0.39, 0.29) is 11.8 Å². The van der Waals surface area contributed by atoms with Gasteiger partial charge in [0, 0.05) is 30.4 Å². The number of hydrogen-bond donors (Lipinski definition) is 1.